The largest absolute Gasteiger partial charge is 0.505 e. The molecule has 194 valence electrons. The Labute approximate surface area is 223 Å². The number of hydrogen-bond donors (Lipinski definition) is 1. The van der Waals surface area contributed by atoms with Crippen LogP contribution in [0.3, 0.4) is 0 Å². The maximum Gasteiger partial charge on any atom is 0.301 e. The Kier molecular flexibility index (Phi) is 6.73. The van der Waals surface area contributed by atoms with Crippen LogP contribution in [0.1, 0.15) is 35.5 Å². The number of anilines is 1. The summed E-state index contributed by atoms with van der Waals surface area (Å²) in [6, 6.07) is 8.01. The summed E-state index contributed by atoms with van der Waals surface area (Å²) in [4.78, 5) is 37.1. The van der Waals surface area contributed by atoms with E-state index in [9.17, 15) is 14.7 Å². The van der Waals surface area contributed by atoms with Crippen molar-refractivity contribution in [2.24, 2.45) is 0 Å². The minimum absolute atomic E-state index is 0.0726. The summed E-state index contributed by atoms with van der Waals surface area (Å²) in [5.41, 5.74) is 2.91. The van der Waals surface area contributed by atoms with E-state index < -0.39 is 17.7 Å². The Bertz CT molecular complexity index is 1590. The molecule has 5 rings (SSSR count). The molecule has 1 saturated heterocycles. The molecule has 10 heteroatoms. The first kappa shape index (κ1) is 25.2. The van der Waals surface area contributed by atoms with E-state index in [0.717, 1.165) is 5.56 Å². The molecular formula is C28H26N4O5S. The summed E-state index contributed by atoms with van der Waals surface area (Å²) in [5, 5.41) is 13.6. The summed E-state index contributed by atoms with van der Waals surface area (Å²) >= 11 is 1.22. The SMILES string of the molecule is C=CCOc1ccc(C2C(=C(O)c3nc4c(C)cccn4c3C)C(=O)C(=O)N2c2nccs2)cc1OCC. The van der Waals surface area contributed by atoms with Gasteiger partial charge >= 0.3 is 5.91 Å². The molecule has 0 bridgehead atoms. The topological polar surface area (TPSA) is 106 Å². The van der Waals surface area contributed by atoms with Crippen LogP contribution >= 0.6 is 11.3 Å². The fourth-order valence-electron chi connectivity index (χ4n) is 4.59. The third-order valence-electron chi connectivity index (χ3n) is 6.32. The summed E-state index contributed by atoms with van der Waals surface area (Å²) < 4.78 is 13.4. The molecule has 1 aromatic carbocycles. The molecule has 0 saturated carbocycles. The number of fused-ring (bicyclic) bond motifs is 1. The van der Waals surface area contributed by atoms with Crippen LogP contribution in [0.2, 0.25) is 0 Å². The molecule has 1 fully saturated rings. The maximum atomic E-state index is 13.5. The number of benzene rings is 1. The van der Waals surface area contributed by atoms with Crippen LogP contribution in [0.25, 0.3) is 11.4 Å². The molecular weight excluding hydrogens is 504 g/mol. The lowest BCUT2D eigenvalue weighted by molar-refractivity contribution is -0.132. The predicted molar refractivity (Wildman–Crippen MR) is 145 cm³/mol. The summed E-state index contributed by atoms with van der Waals surface area (Å²) in [6.45, 7) is 9.90. The van der Waals surface area contributed by atoms with Crippen molar-refractivity contribution < 1.29 is 24.2 Å². The minimum Gasteiger partial charge on any atom is -0.505 e. The fourth-order valence-corrected chi connectivity index (χ4v) is 5.25. The van der Waals surface area contributed by atoms with Crippen LogP contribution < -0.4 is 14.4 Å². The number of aromatic nitrogens is 3. The van der Waals surface area contributed by atoms with Gasteiger partial charge in [-0.3, -0.25) is 14.5 Å². The number of rotatable bonds is 8. The van der Waals surface area contributed by atoms with E-state index in [0.29, 0.717) is 40.1 Å². The van der Waals surface area contributed by atoms with E-state index in [-0.39, 0.29) is 23.6 Å². The lowest BCUT2D eigenvalue weighted by atomic mass is 9.96. The second kappa shape index (κ2) is 10.1. The van der Waals surface area contributed by atoms with Crippen LogP contribution in [0.5, 0.6) is 11.5 Å². The van der Waals surface area contributed by atoms with E-state index in [1.165, 1.54) is 16.2 Å². The van der Waals surface area contributed by atoms with E-state index >= 15 is 0 Å². The second-order valence-electron chi connectivity index (χ2n) is 8.65. The number of hydrogen-bond acceptors (Lipinski definition) is 8. The van der Waals surface area contributed by atoms with Gasteiger partial charge in [-0.2, -0.15) is 0 Å². The smallest absolute Gasteiger partial charge is 0.301 e. The number of aliphatic hydroxyl groups is 1. The summed E-state index contributed by atoms with van der Waals surface area (Å²) in [6.07, 6.45) is 5.02. The van der Waals surface area contributed by atoms with Gasteiger partial charge in [-0.1, -0.05) is 24.8 Å². The number of pyridine rings is 1. The molecule has 1 N–H and O–H groups in total. The number of carbonyl (C=O) groups is 2. The molecule has 0 spiro atoms. The van der Waals surface area contributed by atoms with Crippen LogP contribution in [0.4, 0.5) is 5.13 Å². The molecule has 4 heterocycles. The first-order chi connectivity index (χ1) is 18.4. The molecule has 38 heavy (non-hydrogen) atoms. The number of carbonyl (C=O) groups excluding carboxylic acids is 2. The second-order valence-corrected chi connectivity index (χ2v) is 9.53. The third-order valence-corrected chi connectivity index (χ3v) is 7.09. The number of nitrogens with zero attached hydrogens (tertiary/aromatic N) is 4. The zero-order valence-electron chi connectivity index (χ0n) is 21.2. The molecule has 9 nitrogen and oxygen atoms in total. The van der Waals surface area contributed by atoms with Crippen molar-refractivity contribution in [3.8, 4) is 11.5 Å². The zero-order chi connectivity index (χ0) is 27.0. The van der Waals surface area contributed by atoms with Crippen molar-refractivity contribution in [3.63, 3.8) is 0 Å². The van der Waals surface area contributed by atoms with Gasteiger partial charge in [0.1, 0.15) is 17.9 Å². The molecule has 0 aliphatic carbocycles. The van der Waals surface area contributed by atoms with Gasteiger partial charge in [0, 0.05) is 17.8 Å². The Hall–Kier alpha value is -4.44. The molecule has 1 amide bonds. The molecule has 1 unspecified atom stereocenters. The Morgan fingerprint density at radius 1 is 1.21 bits per heavy atom. The highest BCUT2D eigenvalue weighted by molar-refractivity contribution is 7.14. The highest BCUT2D eigenvalue weighted by atomic mass is 32.1. The number of thiazole rings is 1. The number of ether oxygens (including phenoxy) is 2. The van der Waals surface area contributed by atoms with Crippen LogP contribution in [-0.2, 0) is 9.59 Å². The molecule has 4 aromatic rings. The summed E-state index contributed by atoms with van der Waals surface area (Å²) in [5.74, 6) is -1.02. The van der Waals surface area contributed by atoms with Crippen LogP contribution in [0.15, 0.2) is 66.3 Å². The third kappa shape index (κ3) is 4.12. The number of imidazole rings is 1. The van der Waals surface area contributed by atoms with Crippen molar-refractivity contribution >= 4 is 39.6 Å². The predicted octanol–water partition coefficient (Wildman–Crippen LogP) is 5.00. The minimum atomic E-state index is -0.959. The summed E-state index contributed by atoms with van der Waals surface area (Å²) in [7, 11) is 0. The highest BCUT2D eigenvalue weighted by Gasteiger charge is 2.48. The molecule has 1 aliphatic heterocycles. The average Bonchev–Trinajstić information content (AvgIpc) is 3.62. The van der Waals surface area contributed by atoms with E-state index in [2.05, 4.69) is 16.5 Å². The first-order valence-electron chi connectivity index (χ1n) is 12.0. The van der Waals surface area contributed by atoms with Crippen molar-refractivity contribution in [2.75, 3.05) is 18.1 Å². The molecule has 3 aromatic heterocycles. The lowest BCUT2D eigenvalue weighted by Crippen LogP contribution is -2.29. The average molecular weight is 531 g/mol. The number of aryl methyl sites for hydroxylation is 2. The Morgan fingerprint density at radius 3 is 2.71 bits per heavy atom. The van der Waals surface area contributed by atoms with Crippen molar-refractivity contribution in [2.45, 2.75) is 26.8 Å². The first-order valence-corrected chi connectivity index (χ1v) is 12.9. The van der Waals surface area contributed by atoms with Crippen molar-refractivity contribution in [1.82, 2.24) is 14.4 Å². The Balaban J connectivity index is 1.73. The maximum absolute atomic E-state index is 13.5. The molecule has 1 atom stereocenters. The number of Topliss-reactive ketones (excluding diaryl/α,β-unsaturated/α-hetero) is 1. The Morgan fingerprint density at radius 2 is 2.03 bits per heavy atom. The van der Waals surface area contributed by atoms with E-state index in [1.807, 2.05) is 36.6 Å². The van der Waals surface area contributed by atoms with Crippen molar-refractivity contribution in [1.29, 1.82) is 0 Å². The molecule has 1 aliphatic rings. The van der Waals surface area contributed by atoms with Gasteiger partial charge in [0.05, 0.1) is 23.9 Å². The van der Waals surface area contributed by atoms with Crippen LogP contribution in [0, 0.1) is 13.8 Å². The van der Waals surface area contributed by atoms with Gasteiger partial charge in [-0.25, -0.2) is 9.97 Å². The molecule has 0 radical (unpaired) electrons. The number of aliphatic hydroxyl groups excluding tert-OH is 1. The highest BCUT2D eigenvalue weighted by Crippen LogP contribution is 2.44. The standard InChI is InChI=1S/C28H26N4O5S/c1-5-13-37-19-10-9-18(15-20(19)36-6-2)23-21(25(34)27(35)32(23)28-29-11-14-38-28)24(33)22-17(4)31-12-7-8-16(3)26(31)30-22/h5,7-12,14-15,23,33H,1,6,13H2,2-4H3. The van der Waals surface area contributed by atoms with E-state index in [4.69, 9.17) is 9.47 Å². The van der Waals surface area contributed by atoms with Gasteiger partial charge in [0.15, 0.2) is 22.4 Å². The van der Waals surface area contributed by atoms with Gasteiger partial charge in [0.2, 0.25) is 0 Å². The monoisotopic (exact) mass is 530 g/mol. The van der Waals surface area contributed by atoms with Gasteiger partial charge in [0.25, 0.3) is 5.78 Å². The van der Waals surface area contributed by atoms with Gasteiger partial charge < -0.3 is 19.0 Å². The van der Waals surface area contributed by atoms with Crippen molar-refractivity contribution in [3.05, 3.63) is 88.8 Å². The zero-order valence-corrected chi connectivity index (χ0v) is 22.0. The number of amides is 1. The number of ketones is 1. The van der Waals surface area contributed by atoms with Gasteiger partial charge in [-0.05, 0) is 50.1 Å². The normalized spacial score (nSPS) is 16.8. The van der Waals surface area contributed by atoms with Gasteiger partial charge in [-0.15, -0.1) is 11.3 Å². The quantitative estimate of drug-likeness (QED) is 0.148. The van der Waals surface area contributed by atoms with E-state index in [1.54, 1.807) is 42.8 Å². The van der Waals surface area contributed by atoms with Crippen LogP contribution in [-0.4, -0.2) is 44.4 Å². The fraction of sp³-hybridized carbons (Fsp3) is 0.214. The lowest BCUT2D eigenvalue weighted by Gasteiger charge is -2.24.